The van der Waals surface area contributed by atoms with Crippen LogP contribution in [-0.2, 0) is 0 Å². The first-order chi connectivity index (χ1) is 18.5. The molecule has 1 atom stereocenters. The molecule has 3 N–H and O–H groups in total. The van der Waals surface area contributed by atoms with E-state index in [0.717, 1.165) is 16.0 Å². The second kappa shape index (κ2) is 9.18. The SMILES string of the molecule is O=C1c2ccc3c4c(ccc(c24)C(=O)N1C(c1ccccc1)c1ccccc1)C(O)N(C(CO)CO)C3=O. The highest BCUT2D eigenvalue weighted by atomic mass is 16.3. The van der Waals surface area contributed by atoms with Crippen molar-refractivity contribution in [1.82, 2.24) is 9.80 Å². The van der Waals surface area contributed by atoms with Gasteiger partial charge in [0, 0.05) is 33.0 Å². The van der Waals surface area contributed by atoms with E-state index in [2.05, 4.69) is 0 Å². The molecule has 0 aromatic heterocycles. The largest absolute Gasteiger partial charge is 0.394 e. The molecule has 38 heavy (non-hydrogen) atoms. The Morgan fingerprint density at radius 1 is 0.632 bits per heavy atom. The van der Waals surface area contributed by atoms with Crippen LogP contribution in [0.5, 0.6) is 0 Å². The minimum atomic E-state index is -1.46. The van der Waals surface area contributed by atoms with Gasteiger partial charge in [-0.1, -0.05) is 66.7 Å². The lowest BCUT2D eigenvalue weighted by Crippen LogP contribution is -2.49. The third kappa shape index (κ3) is 3.39. The first-order valence-electron chi connectivity index (χ1n) is 12.3. The maximum atomic E-state index is 14.0. The number of hydrogen-bond acceptors (Lipinski definition) is 6. The third-order valence-electron chi connectivity index (χ3n) is 7.40. The van der Waals surface area contributed by atoms with Crippen LogP contribution >= 0.6 is 0 Å². The van der Waals surface area contributed by atoms with E-state index in [1.54, 1.807) is 12.1 Å². The van der Waals surface area contributed by atoms with Gasteiger partial charge in [0.25, 0.3) is 17.7 Å². The maximum absolute atomic E-state index is 14.0. The van der Waals surface area contributed by atoms with Crippen LogP contribution in [0.2, 0.25) is 0 Å². The van der Waals surface area contributed by atoms with E-state index in [1.165, 1.54) is 17.0 Å². The van der Waals surface area contributed by atoms with Crippen molar-refractivity contribution in [2.45, 2.75) is 18.3 Å². The standard InChI is InChI=1S/C30H24N2O6/c33-15-19(16-34)31-27(35)20-11-13-22-25-23(14-12-21(24(20)25)28(31)36)30(38)32(29(22)37)26(17-7-3-1-4-8-17)18-9-5-2-6-10-18/h1-14,19,26-27,33-35H,15-16H2. The highest BCUT2D eigenvalue weighted by Crippen LogP contribution is 2.43. The van der Waals surface area contributed by atoms with E-state index in [4.69, 9.17) is 0 Å². The summed E-state index contributed by atoms with van der Waals surface area (Å²) in [5, 5.41) is 31.1. The van der Waals surface area contributed by atoms with Crippen molar-refractivity contribution in [3.63, 3.8) is 0 Å². The molecule has 2 aliphatic rings. The molecule has 190 valence electrons. The molecule has 0 aliphatic carbocycles. The molecule has 8 nitrogen and oxygen atoms in total. The summed E-state index contributed by atoms with van der Waals surface area (Å²) in [6.45, 7) is -1.08. The smallest absolute Gasteiger partial charge is 0.262 e. The van der Waals surface area contributed by atoms with Crippen LogP contribution in [0.1, 0.15) is 60.0 Å². The maximum Gasteiger partial charge on any atom is 0.262 e. The fourth-order valence-corrected chi connectivity index (χ4v) is 5.62. The summed E-state index contributed by atoms with van der Waals surface area (Å²) in [6.07, 6.45) is -1.46. The topological polar surface area (TPSA) is 118 Å². The summed E-state index contributed by atoms with van der Waals surface area (Å²) >= 11 is 0. The number of amides is 3. The van der Waals surface area contributed by atoms with Crippen LogP contribution < -0.4 is 0 Å². The Bertz CT molecular complexity index is 1520. The molecule has 3 amide bonds. The molecule has 0 fully saturated rings. The number of carbonyl (C=O) groups is 3. The summed E-state index contributed by atoms with van der Waals surface area (Å²) in [5.41, 5.74) is 2.57. The minimum Gasteiger partial charge on any atom is -0.394 e. The summed E-state index contributed by atoms with van der Waals surface area (Å²) in [4.78, 5) is 43.7. The zero-order chi connectivity index (χ0) is 26.6. The van der Waals surface area contributed by atoms with Crippen molar-refractivity contribution in [2.75, 3.05) is 13.2 Å². The van der Waals surface area contributed by atoms with E-state index in [0.29, 0.717) is 16.3 Å². The number of nitrogens with zero attached hydrogens (tertiary/aromatic N) is 2. The van der Waals surface area contributed by atoms with Gasteiger partial charge in [0.2, 0.25) is 0 Å². The zero-order valence-electron chi connectivity index (χ0n) is 20.2. The molecule has 4 aromatic rings. The number of aliphatic hydroxyl groups excluding tert-OH is 3. The molecule has 0 radical (unpaired) electrons. The van der Waals surface area contributed by atoms with Gasteiger partial charge in [-0.2, -0.15) is 0 Å². The second-order valence-electron chi connectivity index (χ2n) is 9.42. The van der Waals surface area contributed by atoms with Crippen LogP contribution in [0.15, 0.2) is 84.9 Å². The monoisotopic (exact) mass is 508 g/mol. The van der Waals surface area contributed by atoms with E-state index in [1.807, 2.05) is 60.7 Å². The molecule has 0 bridgehead atoms. The lowest BCUT2D eigenvalue weighted by Gasteiger charge is -2.40. The molecule has 0 spiro atoms. The second-order valence-corrected chi connectivity index (χ2v) is 9.42. The average molecular weight is 509 g/mol. The van der Waals surface area contributed by atoms with Crippen molar-refractivity contribution in [3.8, 4) is 0 Å². The van der Waals surface area contributed by atoms with Gasteiger partial charge >= 0.3 is 0 Å². The highest BCUT2D eigenvalue weighted by molar-refractivity contribution is 6.28. The molecule has 1 unspecified atom stereocenters. The van der Waals surface area contributed by atoms with Gasteiger partial charge in [0.1, 0.15) is 0 Å². The van der Waals surface area contributed by atoms with Gasteiger partial charge in [-0.3, -0.25) is 19.3 Å². The molecular weight excluding hydrogens is 484 g/mol. The first-order valence-corrected chi connectivity index (χ1v) is 12.3. The van der Waals surface area contributed by atoms with E-state index in [9.17, 15) is 29.7 Å². The Balaban J connectivity index is 1.54. The quantitative estimate of drug-likeness (QED) is 0.345. The number of carbonyl (C=O) groups excluding carboxylic acids is 3. The Morgan fingerprint density at radius 2 is 1.11 bits per heavy atom. The molecule has 8 heteroatoms. The van der Waals surface area contributed by atoms with Gasteiger partial charge in [0.15, 0.2) is 6.23 Å². The Labute approximate surface area is 218 Å². The molecular formula is C30H24N2O6. The van der Waals surface area contributed by atoms with Crippen molar-refractivity contribution >= 4 is 28.5 Å². The van der Waals surface area contributed by atoms with Crippen LogP contribution in [0.25, 0.3) is 10.8 Å². The molecule has 0 saturated carbocycles. The van der Waals surface area contributed by atoms with Crippen molar-refractivity contribution < 1.29 is 29.7 Å². The van der Waals surface area contributed by atoms with Gasteiger partial charge < -0.3 is 20.2 Å². The van der Waals surface area contributed by atoms with Crippen molar-refractivity contribution in [2.24, 2.45) is 0 Å². The lowest BCUT2D eigenvalue weighted by molar-refractivity contribution is -0.0394. The lowest BCUT2D eigenvalue weighted by atomic mass is 9.84. The van der Waals surface area contributed by atoms with Crippen molar-refractivity contribution in [1.29, 1.82) is 0 Å². The number of aliphatic hydroxyl groups is 3. The highest BCUT2D eigenvalue weighted by Gasteiger charge is 2.43. The Kier molecular flexibility index (Phi) is 5.80. The Morgan fingerprint density at radius 3 is 1.61 bits per heavy atom. The van der Waals surface area contributed by atoms with E-state index >= 15 is 0 Å². The predicted octanol–water partition coefficient (Wildman–Crippen LogP) is 3.03. The van der Waals surface area contributed by atoms with Crippen LogP contribution in [-0.4, -0.2) is 62.1 Å². The van der Waals surface area contributed by atoms with Gasteiger partial charge in [-0.15, -0.1) is 0 Å². The summed E-state index contributed by atoms with van der Waals surface area (Å²) in [6, 6.07) is 23.1. The summed E-state index contributed by atoms with van der Waals surface area (Å²) in [7, 11) is 0. The fourth-order valence-electron chi connectivity index (χ4n) is 5.62. The molecule has 2 aliphatic heterocycles. The number of benzene rings is 4. The number of imide groups is 1. The van der Waals surface area contributed by atoms with Crippen LogP contribution in [0.4, 0.5) is 0 Å². The fraction of sp³-hybridized carbons (Fsp3) is 0.167. The van der Waals surface area contributed by atoms with Gasteiger partial charge in [0.05, 0.1) is 25.3 Å². The zero-order valence-corrected chi connectivity index (χ0v) is 20.2. The third-order valence-corrected chi connectivity index (χ3v) is 7.40. The van der Waals surface area contributed by atoms with Crippen LogP contribution in [0, 0.1) is 0 Å². The van der Waals surface area contributed by atoms with Gasteiger partial charge in [-0.25, -0.2) is 0 Å². The Hall–Kier alpha value is -4.37. The van der Waals surface area contributed by atoms with Crippen LogP contribution in [0.3, 0.4) is 0 Å². The molecule has 2 heterocycles. The summed E-state index contributed by atoms with van der Waals surface area (Å²) in [5.74, 6) is -1.61. The first kappa shape index (κ1) is 24.0. The van der Waals surface area contributed by atoms with Crippen molar-refractivity contribution in [3.05, 3.63) is 118 Å². The molecule has 6 rings (SSSR count). The average Bonchev–Trinajstić information content (AvgIpc) is 2.96. The minimum absolute atomic E-state index is 0.189. The predicted molar refractivity (Wildman–Crippen MR) is 138 cm³/mol. The normalized spacial score (nSPS) is 16.8. The van der Waals surface area contributed by atoms with E-state index in [-0.39, 0.29) is 16.7 Å². The van der Waals surface area contributed by atoms with E-state index < -0.39 is 49.2 Å². The van der Waals surface area contributed by atoms with Gasteiger partial charge in [-0.05, 0) is 29.3 Å². The summed E-state index contributed by atoms with van der Waals surface area (Å²) < 4.78 is 0. The number of rotatable bonds is 6. The number of hydrogen-bond donors (Lipinski definition) is 3. The molecule has 4 aromatic carbocycles. The molecule has 0 saturated heterocycles.